The number of hydrogen-bond acceptors (Lipinski definition) is 6. The van der Waals surface area contributed by atoms with Gasteiger partial charge in [0.05, 0.1) is 0 Å². The summed E-state index contributed by atoms with van der Waals surface area (Å²) in [5.74, 6) is 0.321. The van der Waals surface area contributed by atoms with Crippen LogP contribution in [0.5, 0.6) is 0 Å². The normalized spacial score (nSPS) is 16.1. The van der Waals surface area contributed by atoms with Gasteiger partial charge in [0.1, 0.15) is 0 Å². The predicted octanol–water partition coefficient (Wildman–Crippen LogP) is -0.823. The Morgan fingerprint density at radius 3 is 2.57 bits per heavy atom. The molecule has 4 N–H and O–H groups in total. The van der Waals surface area contributed by atoms with Gasteiger partial charge in [-0.15, -0.1) is 4.73 Å². The molecule has 0 radical (unpaired) electrons. The molecular weight excluding hydrogens is 184 g/mol. The van der Waals surface area contributed by atoms with E-state index >= 15 is 0 Å². The van der Waals surface area contributed by atoms with E-state index in [1.807, 2.05) is 4.90 Å². The summed E-state index contributed by atoms with van der Waals surface area (Å²) in [6.45, 7) is 1.66. The fraction of sp³-hybridized carbons (Fsp3) is 0.571. The van der Waals surface area contributed by atoms with Crippen LogP contribution in [0, 0.1) is 5.41 Å². The second-order valence-electron chi connectivity index (χ2n) is 3.21. The molecule has 0 amide bonds. The molecule has 1 aliphatic rings. The Hall–Kier alpha value is -1.79. The Morgan fingerprint density at radius 1 is 1.29 bits per heavy atom. The molecule has 1 aromatic heterocycles. The van der Waals surface area contributed by atoms with Gasteiger partial charge in [-0.2, -0.15) is 9.97 Å². The van der Waals surface area contributed by atoms with E-state index in [4.69, 9.17) is 11.1 Å². The van der Waals surface area contributed by atoms with Gasteiger partial charge in [-0.05, 0) is 12.8 Å². The third-order valence-electron chi connectivity index (χ3n) is 2.21. The molecule has 0 spiro atoms. The minimum absolute atomic E-state index is 0.0159. The van der Waals surface area contributed by atoms with Gasteiger partial charge in [-0.3, -0.25) is 5.41 Å². The summed E-state index contributed by atoms with van der Waals surface area (Å²) in [6, 6.07) is 0. The van der Waals surface area contributed by atoms with Crippen molar-refractivity contribution in [3.8, 4) is 0 Å². The molecule has 1 fully saturated rings. The zero-order valence-electron chi connectivity index (χ0n) is 7.64. The number of nitrogen functional groups attached to an aromatic ring is 1. The third kappa shape index (κ3) is 1.36. The molecule has 7 heteroatoms. The van der Waals surface area contributed by atoms with Gasteiger partial charge >= 0.3 is 0 Å². The van der Waals surface area contributed by atoms with Gasteiger partial charge in [-0.25, -0.2) is 0 Å². The quantitative estimate of drug-likeness (QED) is 0.509. The maximum Gasteiger partial charge on any atom is 0.262 e. The zero-order valence-corrected chi connectivity index (χ0v) is 7.64. The minimum Gasteiger partial charge on any atom is -0.422 e. The lowest BCUT2D eigenvalue weighted by molar-refractivity contribution is 0.165. The molecule has 0 aliphatic carbocycles. The monoisotopic (exact) mass is 196 g/mol. The van der Waals surface area contributed by atoms with Crippen molar-refractivity contribution >= 4 is 11.9 Å². The standard InChI is InChI=1S/C7H12N6O/c8-5-10-6(9)13(14)7(11-5)12-3-1-2-4-12/h14H,1-4H2,(H3,8,9,10). The van der Waals surface area contributed by atoms with Crippen LogP contribution < -0.4 is 16.3 Å². The molecule has 2 rings (SSSR count). The first-order valence-electron chi connectivity index (χ1n) is 4.44. The second-order valence-corrected chi connectivity index (χ2v) is 3.21. The van der Waals surface area contributed by atoms with Crippen LogP contribution in [0.4, 0.5) is 11.9 Å². The summed E-state index contributed by atoms with van der Waals surface area (Å²) in [7, 11) is 0. The van der Waals surface area contributed by atoms with Crippen LogP contribution in [0.15, 0.2) is 0 Å². The molecule has 1 aliphatic heterocycles. The van der Waals surface area contributed by atoms with Gasteiger partial charge < -0.3 is 15.8 Å². The van der Waals surface area contributed by atoms with Crippen molar-refractivity contribution in [2.45, 2.75) is 12.8 Å². The highest BCUT2D eigenvalue weighted by Gasteiger charge is 2.18. The number of anilines is 2. The second kappa shape index (κ2) is 3.17. The lowest BCUT2D eigenvalue weighted by Gasteiger charge is -2.17. The van der Waals surface area contributed by atoms with Crippen molar-refractivity contribution in [2.24, 2.45) is 0 Å². The molecule has 0 bridgehead atoms. The summed E-state index contributed by atoms with van der Waals surface area (Å²) in [6.07, 6.45) is 2.13. The number of nitrogens with two attached hydrogens (primary N) is 1. The Kier molecular flexibility index (Phi) is 1.99. The summed E-state index contributed by atoms with van der Waals surface area (Å²) in [5.41, 5.74) is 5.11. The molecule has 1 aromatic rings. The van der Waals surface area contributed by atoms with E-state index in [1.165, 1.54) is 0 Å². The van der Waals surface area contributed by atoms with Crippen LogP contribution >= 0.6 is 0 Å². The van der Waals surface area contributed by atoms with Crippen molar-refractivity contribution in [3.05, 3.63) is 5.62 Å². The first-order valence-corrected chi connectivity index (χ1v) is 4.44. The van der Waals surface area contributed by atoms with Gasteiger partial charge in [0.25, 0.3) is 5.62 Å². The molecule has 2 heterocycles. The fourth-order valence-corrected chi connectivity index (χ4v) is 1.55. The van der Waals surface area contributed by atoms with Crippen molar-refractivity contribution in [3.63, 3.8) is 0 Å². The molecule has 14 heavy (non-hydrogen) atoms. The number of hydrogen-bond donors (Lipinski definition) is 3. The van der Waals surface area contributed by atoms with E-state index in [0.717, 1.165) is 25.9 Å². The summed E-state index contributed by atoms with van der Waals surface area (Å²) in [5, 5.41) is 16.8. The van der Waals surface area contributed by atoms with E-state index < -0.39 is 0 Å². The minimum atomic E-state index is -0.292. The van der Waals surface area contributed by atoms with Crippen molar-refractivity contribution < 1.29 is 5.21 Å². The molecule has 0 unspecified atom stereocenters. The SMILES string of the molecule is N=c1nc(N)nc(N2CCCC2)n1O. The van der Waals surface area contributed by atoms with Crippen molar-refractivity contribution in [2.75, 3.05) is 23.7 Å². The maximum atomic E-state index is 9.49. The van der Waals surface area contributed by atoms with Crippen LogP contribution in [-0.2, 0) is 0 Å². The van der Waals surface area contributed by atoms with Gasteiger partial charge in [0.2, 0.25) is 11.9 Å². The van der Waals surface area contributed by atoms with Crippen LogP contribution in [0.3, 0.4) is 0 Å². The molecule has 0 saturated carbocycles. The first kappa shape index (κ1) is 8.79. The van der Waals surface area contributed by atoms with Crippen LogP contribution in [0.2, 0.25) is 0 Å². The van der Waals surface area contributed by atoms with E-state index in [1.54, 1.807) is 0 Å². The highest BCUT2D eigenvalue weighted by Crippen LogP contribution is 2.15. The van der Waals surface area contributed by atoms with E-state index in [9.17, 15) is 5.21 Å². The lowest BCUT2D eigenvalue weighted by Crippen LogP contribution is -2.32. The van der Waals surface area contributed by atoms with Gasteiger partial charge in [0, 0.05) is 13.1 Å². The summed E-state index contributed by atoms with van der Waals surface area (Å²) in [4.78, 5) is 9.31. The lowest BCUT2D eigenvalue weighted by atomic mass is 10.4. The fourth-order valence-electron chi connectivity index (χ4n) is 1.55. The smallest absolute Gasteiger partial charge is 0.262 e. The largest absolute Gasteiger partial charge is 0.422 e. The number of nitrogens with zero attached hydrogens (tertiary/aromatic N) is 4. The van der Waals surface area contributed by atoms with E-state index in [-0.39, 0.29) is 11.6 Å². The topological polar surface area (TPSA) is 104 Å². The average Bonchev–Trinajstić information content (AvgIpc) is 2.63. The Labute approximate surface area is 80.3 Å². The first-order chi connectivity index (χ1) is 6.68. The number of rotatable bonds is 1. The molecule has 76 valence electrons. The maximum absolute atomic E-state index is 9.49. The highest BCUT2D eigenvalue weighted by molar-refractivity contribution is 5.34. The van der Waals surface area contributed by atoms with E-state index in [0.29, 0.717) is 10.7 Å². The van der Waals surface area contributed by atoms with Gasteiger partial charge in [0.15, 0.2) is 0 Å². The van der Waals surface area contributed by atoms with Crippen molar-refractivity contribution in [1.29, 1.82) is 5.41 Å². The summed E-state index contributed by atoms with van der Waals surface area (Å²) >= 11 is 0. The van der Waals surface area contributed by atoms with Crippen molar-refractivity contribution in [1.82, 2.24) is 14.7 Å². The predicted molar refractivity (Wildman–Crippen MR) is 48.9 cm³/mol. The Morgan fingerprint density at radius 2 is 1.93 bits per heavy atom. The van der Waals surface area contributed by atoms with Crippen LogP contribution in [0.1, 0.15) is 12.8 Å². The van der Waals surface area contributed by atoms with Crippen LogP contribution in [-0.4, -0.2) is 33.0 Å². The molecule has 7 nitrogen and oxygen atoms in total. The Balaban J connectivity index is 2.45. The molecule has 0 atom stereocenters. The molecular formula is C7H12N6O. The summed E-state index contributed by atoms with van der Waals surface area (Å²) < 4.78 is 0.654. The average molecular weight is 196 g/mol. The molecule has 0 aromatic carbocycles. The van der Waals surface area contributed by atoms with Crippen LogP contribution in [0.25, 0.3) is 0 Å². The van der Waals surface area contributed by atoms with E-state index in [2.05, 4.69) is 9.97 Å². The zero-order chi connectivity index (χ0) is 10.1. The molecule has 1 saturated heterocycles. The Bertz CT molecular complexity index is 394. The van der Waals surface area contributed by atoms with Gasteiger partial charge in [-0.1, -0.05) is 0 Å². The highest BCUT2D eigenvalue weighted by atomic mass is 16.5. The number of aromatic nitrogens is 3. The number of nitrogens with one attached hydrogen (secondary N) is 1. The third-order valence-corrected chi connectivity index (χ3v) is 2.21.